The van der Waals surface area contributed by atoms with Crippen LogP contribution in [0.2, 0.25) is 0 Å². The van der Waals surface area contributed by atoms with Crippen molar-refractivity contribution in [1.82, 2.24) is 9.80 Å². The van der Waals surface area contributed by atoms with E-state index in [9.17, 15) is 18.0 Å². The minimum absolute atomic E-state index is 0.0568. The standard InChI is InChI=1S/C18H30N2O4S/c1-19(16-9-12-25(23,24)13-16)17(21)14-5-7-15(8-6-14)18(22)20-10-3-2-4-11-20/h14-16H,2-13H2,1H3. The molecule has 1 aliphatic carbocycles. The van der Waals surface area contributed by atoms with E-state index in [1.165, 1.54) is 6.42 Å². The summed E-state index contributed by atoms with van der Waals surface area (Å²) in [6.07, 6.45) is 7.02. The molecule has 3 fully saturated rings. The average Bonchev–Trinajstić information content (AvgIpc) is 3.00. The zero-order chi connectivity index (χ0) is 18.0. The van der Waals surface area contributed by atoms with Gasteiger partial charge in [-0.2, -0.15) is 0 Å². The van der Waals surface area contributed by atoms with Crippen LogP contribution < -0.4 is 0 Å². The maximum atomic E-state index is 12.7. The highest BCUT2D eigenvalue weighted by molar-refractivity contribution is 7.91. The molecule has 6 nitrogen and oxygen atoms in total. The van der Waals surface area contributed by atoms with Crippen molar-refractivity contribution >= 4 is 21.7 Å². The van der Waals surface area contributed by atoms with Gasteiger partial charge < -0.3 is 9.80 Å². The van der Waals surface area contributed by atoms with Crippen molar-refractivity contribution in [3.05, 3.63) is 0 Å². The summed E-state index contributed by atoms with van der Waals surface area (Å²) >= 11 is 0. The molecule has 2 heterocycles. The van der Waals surface area contributed by atoms with Gasteiger partial charge in [0.2, 0.25) is 11.8 Å². The Morgan fingerprint density at radius 1 is 0.920 bits per heavy atom. The van der Waals surface area contributed by atoms with Gasteiger partial charge in [0.15, 0.2) is 9.84 Å². The SMILES string of the molecule is CN(C(=O)C1CCC(C(=O)N2CCCCC2)CC1)C1CCS(=O)(=O)C1. The molecule has 0 aromatic heterocycles. The van der Waals surface area contributed by atoms with Gasteiger partial charge in [-0.1, -0.05) is 0 Å². The molecule has 0 aromatic rings. The quantitative estimate of drug-likeness (QED) is 0.754. The second kappa shape index (κ2) is 7.64. The number of likely N-dealkylation sites (tertiary alicyclic amines) is 1. The Kier molecular flexibility index (Phi) is 5.71. The van der Waals surface area contributed by atoms with Crippen LogP contribution in [0.3, 0.4) is 0 Å². The first-order chi connectivity index (χ1) is 11.9. The lowest BCUT2D eigenvalue weighted by atomic mass is 9.80. The van der Waals surface area contributed by atoms with Crippen LogP contribution >= 0.6 is 0 Å². The van der Waals surface area contributed by atoms with E-state index in [1.807, 2.05) is 4.90 Å². The third kappa shape index (κ3) is 4.36. The topological polar surface area (TPSA) is 74.8 Å². The van der Waals surface area contributed by atoms with E-state index in [0.29, 0.717) is 6.42 Å². The van der Waals surface area contributed by atoms with E-state index in [1.54, 1.807) is 11.9 Å². The maximum Gasteiger partial charge on any atom is 0.225 e. The highest BCUT2D eigenvalue weighted by Gasteiger charge is 2.37. The summed E-state index contributed by atoms with van der Waals surface area (Å²) in [7, 11) is -1.25. The summed E-state index contributed by atoms with van der Waals surface area (Å²) in [5, 5.41) is 0. The number of hydrogen-bond donors (Lipinski definition) is 0. The predicted octanol–water partition coefficient (Wildman–Crippen LogP) is 1.45. The molecule has 2 aliphatic heterocycles. The van der Waals surface area contributed by atoms with Gasteiger partial charge in [0.05, 0.1) is 11.5 Å². The molecule has 0 radical (unpaired) electrons. The van der Waals surface area contributed by atoms with Crippen LogP contribution in [0.1, 0.15) is 51.4 Å². The first kappa shape index (κ1) is 18.7. The van der Waals surface area contributed by atoms with E-state index in [-0.39, 0.29) is 41.2 Å². The fourth-order valence-corrected chi connectivity index (χ4v) is 6.28. The normalized spacial score (nSPS) is 32.4. The van der Waals surface area contributed by atoms with Crippen molar-refractivity contribution in [2.45, 2.75) is 57.4 Å². The molecule has 1 saturated carbocycles. The highest BCUT2D eigenvalue weighted by atomic mass is 32.2. The van der Waals surface area contributed by atoms with Gasteiger partial charge in [-0.05, 0) is 51.4 Å². The predicted molar refractivity (Wildman–Crippen MR) is 95.7 cm³/mol. The van der Waals surface area contributed by atoms with Crippen molar-refractivity contribution in [3.63, 3.8) is 0 Å². The van der Waals surface area contributed by atoms with Gasteiger partial charge >= 0.3 is 0 Å². The highest BCUT2D eigenvalue weighted by Crippen LogP contribution is 2.32. The molecule has 1 unspecified atom stereocenters. The molecule has 0 bridgehead atoms. The van der Waals surface area contributed by atoms with Crippen LogP contribution in [0.15, 0.2) is 0 Å². The lowest BCUT2D eigenvalue weighted by Crippen LogP contribution is -2.44. The van der Waals surface area contributed by atoms with Crippen molar-refractivity contribution in [1.29, 1.82) is 0 Å². The molecule has 0 aromatic carbocycles. The number of rotatable bonds is 3. The summed E-state index contributed by atoms with van der Waals surface area (Å²) in [4.78, 5) is 29.0. The molecule has 142 valence electrons. The molecular weight excluding hydrogens is 340 g/mol. The van der Waals surface area contributed by atoms with Crippen LogP contribution in [0.5, 0.6) is 0 Å². The molecule has 3 rings (SSSR count). The number of hydrogen-bond acceptors (Lipinski definition) is 4. The van der Waals surface area contributed by atoms with Gasteiger partial charge in [0, 0.05) is 38.0 Å². The fourth-order valence-electron chi connectivity index (χ4n) is 4.51. The third-order valence-corrected chi connectivity index (χ3v) is 7.95. The number of sulfone groups is 1. The number of piperidine rings is 1. The zero-order valence-electron chi connectivity index (χ0n) is 15.2. The van der Waals surface area contributed by atoms with Crippen LogP contribution in [0.4, 0.5) is 0 Å². The largest absolute Gasteiger partial charge is 0.342 e. The smallest absolute Gasteiger partial charge is 0.225 e. The Morgan fingerprint density at radius 3 is 2.08 bits per heavy atom. The van der Waals surface area contributed by atoms with Crippen LogP contribution in [0, 0.1) is 11.8 Å². The van der Waals surface area contributed by atoms with Crippen molar-refractivity contribution in [3.8, 4) is 0 Å². The molecule has 2 saturated heterocycles. The van der Waals surface area contributed by atoms with Crippen molar-refractivity contribution in [2.24, 2.45) is 11.8 Å². The van der Waals surface area contributed by atoms with Gasteiger partial charge in [0.1, 0.15) is 0 Å². The molecular formula is C18H30N2O4S. The maximum absolute atomic E-state index is 12.7. The van der Waals surface area contributed by atoms with Crippen molar-refractivity contribution in [2.75, 3.05) is 31.6 Å². The van der Waals surface area contributed by atoms with E-state index in [4.69, 9.17) is 0 Å². The van der Waals surface area contributed by atoms with E-state index < -0.39 is 9.84 Å². The molecule has 1 atom stereocenters. The Morgan fingerprint density at radius 2 is 1.52 bits per heavy atom. The Hall–Kier alpha value is -1.11. The second-order valence-electron chi connectivity index (χ2n) is 7.94. The van der Waals surface area contributed by atoms with E-state index >= 15 is 0 Å². The lowest BCUT2D eigenvalue weighted by molar-refractivity contribution is -0.142. The molecule has 2 amide bonds. The molecule has 3 aliphatic rings. The number of carbonyl (C=O) groups is 2. The van der Waals surface area contributed by atoms with Crippen LogP contribution in [-0.2, 0) is 19.4 Å². The van der Waals surface area contributed by atoms with Gasteiger partial charge in [0.25, 0.3) is 0 Å². The summed E-state index contributed by atoms with van der Waals surface area (Å²) in [5.74, 6) is 0.634. The van der Waals surface area contributed by atoms with Gasteiger partial charge in [-0.25, -0.2) is 8.42 Å². The minimum atomic E-state index is -2.98. The summed E-state index contributed by atoms with van der Waals surface area (Å²) in [5.41, 5.74) is 0. The number of nitrogens with zero attached hydrogens (tertiary/aromatic N) is 2. The summed E-state index contributed by atoms with van der Waals surface area (Å²) in [6.45, 7) is 1.77. The third-order valence-electron chi connectivity index (χ3n) is 6.20. The summed E-state index contributed by atoms with van der Waals surface area (Å²) < 4.78 is 23.3. The molecule has 25 heavy (non-hydrogen) atoms. The monoisotopic (exact) mass is 370 g/mol. The Labute approximate surface area is 150 Å². The average molecular weight is 371 g/mol. The molecule has 0 spiro atoms. The van der Waals surface area contributed by atoms with Crippen LogP contribution in [0.25, 0.3) is 0 Å². The lowest BCUT2D eigenvalue weighted by Gasteiger charge is -2.35. The number of amides is 2. The molecule has 0 N–H and O–H groups in total. The van der Waals surface area contributed by atoms with Crippen molar-refractivity contribution < 1.29 is 18.0 Å². The Balaban J connectivity index is 1.49. The zero-order valence-corrected chi connectivity index (χ0v) is 16.0. The Bertz CT molecular complexity index is 605. The minimum Gasteiger partial charge on any atom is -0.342 e. The fraction of sp³-hybridized carbons (Fsp3) is 0.889. The number of carbonyl (C=O) groups excluding carboxylic acids is 2. The van der Waals surface area contributed by atoms with Gasteiger partial charge in [-0.3, -0.25) is 9.59 Å². The summed E-state index contributed by atoms with van der Waals surface area (Å²) in [6, 6.07) is -0.176. The van der Waals surface area contributed by atoms with E-state index in [0.717, 1.165) is 51.6 Å². The van der Waals surface area contributed by atoms with Crippen LogP contribution in [-0.4, -0.2) is 67.7 Å². The first-order valence-corrected chi connectivity index (χ1v) is 11.5. The second-order valence-corrected chi connectivity index (χ2v) is 10.2. The van der Waals surface area contributed by atoms with E-state index in [2.05, 4.69) is 0 Å². The van der Waals surface area contributed by atoms with Gasteiger partial charge in [-0.15, -0.1) is 0 Å². The first-order valence-electron chi connectivity index (χ1n) is 9.63. The molecule has 7 heteroatoms.